The molecule has 1 saturated heterocycles. The Kier molecular flexibility index (Phi) is 8.16. The molecular weight excluding hydrogens is 485 g/mol. The van der Waals surface area contributed by atoms with Crippen molar-refractivity contribution in [3.05, 3.63) is 5.82 Å². The van der Waals surface area contributed by atoms with Gasteiger partial charge in [0.2, 0.25) is 5.13 Å². The van der Waals surface area contributed by atoms with Crippen LogP contribution in [0.3, 0.4) is 0 Å². The first-order valence-corrected chi connectivity index (χ1v) is 11.3. The van der Waals surface area contributed by atoms with Crippen LogP contribution in [0.5, 0.6) is 0 Å². The van der Waals surface area contributed by atoms with E-state index in [1.165, 1.54) is 43.8 Å². The largest absolute Gasteiger partial charge is 0.355 e. The molecular formula is C19H34IN7S. The van der Waals surface area contributed by atoms with Crippen LogP contribution in [-0.4, -0.2) is 84.0 Å². The lowest BCUT2D eigenvalue weighted by atomic mass is 10.3. The Balaban J connectivity index is 0.00000225. The first-order valence-electron chi connectivity index (χ1n) is 10.5. The van der Waals surface area contributed by atoms with Crippen LogP contribution in [0.2, 0.25) is 0 Å². The lowest BCUT2D eigenvalue weighted by molar-refractivity contribution is 0.255. The number of anilines is 1. The van der Waals surface area contributed by atoms with Gasteiger partial charge in [-0.25, -0.2) is 4.98 Å². The van der Waals surface area contributed by atoms with Gasteiger partial charge in [-0.1, -0.05) is 6.92 Å². The number of hydrogen-bond donors (Lipinski definition) is 1. The molecule has 9 heteroatoms. The molecule has 0 spiro atoms. The third kappa shape index (κ3) is 5.91. The van der Waals surface area contributed by atoms with E-state index in [0.29, 0.717) is 0 Å². The minimum Gasteiger partial charge on any atom is -0.355 e. The van der Waals surface area contributed by atoms with Gasteiger partial charge in [0.15, 0.2) is 5.96 Å². The fraction of sp³-hybridized carbons (Fsp3) is 0.842. The van der Waals surface area contributed by atoms with E-state index >= 15 is 0 Å². The normalized spacial score (nSPS) is 20.5. The summed E-state index contributed by atoms with van der Waals surface area (Å²) in [6, 6.07) is 0.859. The minimum absolute atomic E-state index is 0. The van der Waals surface area contributed by atoms with Gasteiger partial charge in [-0.2, -0.15) is 4.37 Å². The van der Waals surface area contributed by atoms with Crippen LogP contribution in [0.4, 0.5) is 5.13 Å². The zero-order chi connectivity index (χ0) is 18.6. The second-order valence-corrected chi connectivity index (χ2v) is 8.69. The number of rotatable bonds is 8. The quantitative estimate of drug-likeness (QED) is 0.323. The van der Waals surface area contributed by atoms with Gasteiger partial charge in [0.05, 0.1) is 0 Å². The summed E-state index contributed by atoms with van der Waals surface area (Å²) in [6.07, 6.45) is 6.59. The summed E-state index contributed by atoms with van der Waals surface area (Å²) >= 11 is 1.53. The monoisotopic (exact) mass is 519 g/mol. The molecule has 158 valence electrons. The average Bonchev–Trinajstić information content (AvgIpc) is 3.63. The SMILES string of the molecule is CCc1nsc(N2CCN(C(=NC)NCCN(CC3CC3)C3CC3)CC2)n1.I. The van der Waals surface area contributed by atoms with Crippen LogP contribution >= 0.6 is 35.5 Å². The third-order valence-corrected chi connectivity index (χ3v) is 6.58. The van der Waals surface area contributed by atoms with Gasteiger partial charge in [0, 0.05) is 76.9 Å². The lowest BCUT2D eigenvalue weighted by Crippen LogP contribution is -2.53. The molecule has 28 heavy (non-hydrogen) atoms. The van der Waals surface area contributed by atoms with Gasteiger partial charge in [-0.15, -0.1) is 24.0 Å². The molecule has 2 heterocycles. The topological polar surface area (TPSA) is 59.9 Å². The standard InChI is InChI=1S/C19H33N7S.HI/c1-3-17-22-19(27-23-17)25-12-10-24(11-13-25)18(20-2)21-8-9-26(16-6-7-16)14-15-4-5-15;/h15-16H,3-14H2,1-2H3,(H,20,21);1H. The van der Waals surface area contributed by atoms with E-state index < -0.39 is 0 Å². The molecule has 2 aliphatic carbocycles. The van der Waals surface area contributed by atoms with E-state index in [9.17, 15) is 0 Å². The molecule has 0 unspecified atom stereocenters. The number of piperazine rings is 1. The van der Waals surface area contributed by atoms with Crippen molar-refractivity contribution in [2.24, 2.45) is 10.9 Å². The number of hydrogen-bond acceptors (Lipinski definition) is 6. The van der Waals surface area contributed by atoms with Gasteiger partial charge in [-0.3, -0.25) is 9.89 Å². The number of nitrogens with zero attached hydrogens (tertiary/aromatic N) is 6. The fourth-order valence-electron chi connectivity index (χ4n) is 3.76. The van der Waals surface area contributed by atoms with E-state index in [1.54, 1.807) is 0 Å². The zero-order valence-corrected chi connectivity index (χ0v) is 20.3. The molecule has 1 N–H and O–H groups in total. The molecule has 0 amide bonds. The number of aryl methyl sites for hydroxylation is 1. The second kappa shape index (κ2) is 10.4. The molecule has 2 saturated carbocycles. The highest BCUT2D eigenvalue weighted by molar-refractivity contribution is 14.0. The highest BCUT2D eigenvalue weighted by atomic mass is 127. The molecule has 0 radical (unpaired) electrons. The van der Waals surface area contributed by atoms with E-state index in [2.05, 4.69) is 41.3 Å². The maximum absolute atomic E-state index is 4.63. The van der Waals surface area contributed by atoms with Crippen LogP contribution in [0.15, 0.2) is 4.99 Å². The first-order chi connectivity index (χ1) is 13.3. The Labute approximate surface area is 190 Å². The van der Waals surface area contributed by atoms with Gasteiger partial charge in [0.25, 0.3) is 0 Å². The van der Waals surface area contributed by atoms with E-state index in [4.69, 9.17) is 0 Å². The van der Waals surface area contributed by atoms with Crippen LogP contribution in [-0.2, 0) is 6.42 Å². The Morgan fingerprint density at radius 1 is 1.21 bits per heavy atom. The molecule has 4 rings (SSSR count). The summed E-state index contributed by atoms with van der Waals surface area (Å²) in [5.41, 5.74) is 0. The summed E-state index contributed by atoms with van der Waals surface area (Å²) in [4.78, 5) is 16.6. The first kappa shape index (κ1) is 22.0. The van der Waals surface area contributed by atoms with Crippen LogP contribution in [0.1, 0.15) is 38.4 Å². The summed E-state index contributed by atoms with van der Waals surface area (Å²) in [5, 5.41) is 4.67. The smallest absolute Gasteiger partial charge is 0.205 e. The number of aromatic nitrogens is 2. The predicted octanol–water partition coefficient (Wildman–Crippen LogP) is 2.29. The highest BCUT2D eigenvalue weighted by Crippen LogP contribution is 2.34. The Morgan fingerprint density at radius 2 is 1.96 bits per heavy atom. The van der Waals surface area contributed by atoms with Gasteiger partial charge < -0.3 is 15.1 Å². The van der Waals surface area contributed by atoms with Crippen molar-refractivity contribution in [3.8, 4) is 0 Å². The predicted molar refractivity (Wildman–Crippen MR) is 127 cm³/mol. The molecule has 1 aromatic heterocycles. The van der Waals surface area contributed by atoms with E-state index in [-0.39, 0.29) is 24.0 Å². The van der Waals surface area contributed by atoms with Crippen molar-refractivity contribution >= 4 is 46.6 Å². The van der Waals surface area contributed by atoms with Crippen molar-refractivity contribution in [2.45, 2.75) is 45.1 Å². The van der Waals surface area contributed by atoms with Crippen LogP contribution < -0.4 is 10.2 Å². The van der Waals surface area contributed by atoms with Crippen molar-refractivity contribution in [1.29, 1.82) is 0 Å². The molecule has 7 nitrogen and oxygen atoms in total. The molecule has 0 bridgehead atoms. The lowest BCUT2D eigenvalue weighted by Gasteiger charge is -2.36. The average molecular weight is 520 g/mol. The summed E-state index contributed by atoms with van der Waals surface area (Å²) < 4.78 is 4.42. The van der Waals surface area contributed by atoms with Crippen molar-refractivity contribution in [3.63, 3.8) is 0 Å². The number of nitrogens with one attached hydrogen (secondary N) is 1. The molecule has 0 aromatic carbocycles. The Morgan fingerprint density at radius 3 is 2.54 bits per heavy atom. The number of guanidine groups is 1. The maximum atomic E-state index is 4.63. The maximum Gasteiger partial charge on any atom is 0.205 e. The zero-order valence-electron chi connectivity index (χ0n) is 17.1. The molecule has 0 atom stereocenters. The number of aliphatic imine (C=N–C) groups is 1. The summed E-state index contributed by atoms with van der Waals surface area (Å²) in [7, 11) is 1.90. The molecule has 3 fully saturated rings. The molecule has 1 aromatic rings. The molecule has 1 aliphatic heterocycles. The van der Waals surface area contributed by atoms with Gasteiger partial charge in [0.1, 0.15) is 5.82 Å². The second-order valence-electron chi connectivity index (χ2n) is 7.96. The highest BCUT2D eigenvalue weighted by Gasteiger charge is 2.33. The van der Waals surface area contributed by atoms with E-state index in [1.807, 2.05) is 7.05 Å². The van der Waals surface area contributed by atoms with E-state index in [0.717, 1.165) is 74.6 Å². The van der Waals surface area contributed by atoms with Crippen molar-refractivity contribution < 1.29 is 0 Å². The Bertz CT molecular complexity index is 636. The summed E-state index contributed by atoms with van der Waals surface area (Å²) in [5.74, 6) is 2.98. The Hall–Kier alpha value is -0.680. The van der Waals surface area contributed by atoms with Crippen LogP contribution in [0, 0.1) is 5.92 Å². The molecule has 3 aliphatic rings. The fourth-order valence-corrected chi connectivity index (χ4v) is 4.57. The van der Waals surface area contributed by atoms with Crippen LogP contribution in [0.25, 0.3) is 0 Å². The van der Waals surface area contributed by atoms with Gasteiger partial charge >= 0.3 is 0 Å². The van der Waals surface area contributed by atoms with Crippen molar-refractivity contribution in [2.75, 3.05) is 57.8 Å². The summed E-state index contributed by atoms with van der Waals surface area (Å²) in [6.45, 7) is 9.48. The van der Waals surface area contributed by atoms with Crippen molar-refractivity contribution in [1.82, 2.24) is 24.5 Å². The van der Waals surface area contributed by atoms with Gasteiger partial charge in [-0.05, 0) is 31.6 Å². The minimum atomic E-state index is 0. The number of halogens is 1. The third-order valence-electron chi connectivity index (χ3n) is 5.77.